The summed E-state index contributed by atoms with van der Waals surface area (Å²) < 4.78 is 5.42. The van der Waals surface area contributed by atoms with Crippen LogP contribution in [0.5, 0.6) is 5.75 Å². The molecule has 0 fully saturated rings. The summed E-state index contributed by atoms with van der Waals surface area (Å²) in [7, 11) is 0. The lowest BCUT2D eigenvalue weighted by molar-refractivity contribution is 0.355. The molecule has 0 bridgehead atoms. The highest BCUT2D eigenvalue weighted by molar-refractivity contribution is 5.44. The van der Waals surface area contributed by atoms with Crippen molar-refractivity contribution in [2.24, 2.45) is 5.92 Å². The van der Waals surface area contributed by atoms with Gasteiger partial charge in [-0.2, -0.15) is 10.5 Å². The van der Waals surface area contributed by atoms with Gasteiger partial charge < -0.3 is 4.74 Å². The smallest absolute Gasteiger partial charge is 0.174 e. The number of hydrogen-bond donors (Lipinski definition) is 0. The summed E-state index contributed by atoms with van der Waals surface area (Å²) in [4.78, 5) is 0. The van der Waals surface area contributed by atoms with Gasteiger partial charge in [-0.3, -0.25) is 0 Å². The molecule has 0 aromatic heterocycles. The number of terminal acetylenes is 1. The van der Waals surface area contributed by atoms with E-state index < -0.39 is 0 Å². The van der Waals surface area contributed by atoms with Crippen LogP contribution in [0.2, 0.25) is 0 Å². The maximum Gasteiger partial charge on any atom is 0.174 e. The zero-order valence-corrected chi connectivity index (χ0v) is 11.2. The fraction of sp³-hybridized carbons (Fsp3) is 0.375. The number of nitrogens with zero attached hydrogens (tertiary/aromatic N) is 2. The van der Waals surface area contributed by atoms with Crippen molar-refractivity contribution in [1.82, 2.24) is 0 Å². The average Bonchev–Trinajstić information content (AvgIpc) is 2.42. The molecule has 0 amide bonds. The van der Waals surface area contributed by atoms with E-state index in [-0.39, 0.29) is 12.5 Å². The Kier molecular flexibility index (Phi) is 5.46. The Labute approximate surface area is 114 Å². The first kappa shape index (κ1) is 14.6. The zero-order chi connectivity index (χ0) is 14.3. The summed E-state index contributed by atoms with van der Waals surface area (Å²) >= 11 is 0. The van der Waals surface area contributed by atoms with Crippen molar-refractivity contribution in [3.63, 3.8) is 0 Å². The molecule has 1 aromatic rings. The largest absolute Gasteiger partial charge is 0.478 e. The molecule has 0 radical (unpaired) electrons. The van der Waals surface area contributed by atoms with Crippen molar-refractivity contribution in [3.8, 4) is 30.2 Å². The van der Waals surface area contributed by atoms with Crippen molar-refractivity contribution in [3.05, 3.63) is 29.3 Å². The molecule has 1 atom stereocenters. The maximum absolute atomic E-state index is 9.00. The third-order valence-electron chi connectivity index (χ3n) is 2.97. The van der Waals surface area contributed by atoms with Gasteiger partial charge in [-0.25, -0.2) is 0 Å². The lowest BCUT2D eigenvalue weighted by Crippen LogP contribution is -2.09. The van der Waals surface area contributed by atoms with Gasteiger partial charge in [0.15, 0.2) is 6.61 Å². The van der Waals surface area contributed by atoms with Gasteiger partial charge in [0.2, 0.25) is 0 Å². The Balaban J connectivity index is 3.23. The van der Waals surface area contributed by atoms with Crippen LogP contribution in [0.15, 0.2) is 18.2 Å². The first-order chi connectivity index (χ1) is 9.13. The van der Waals surface area contributed by atoms with Gasteiger partial charge >= 0.3 is 0 Å². The second-order valence-corrected chi connectivity index (χ2v) is 4.57. The van der Waals surface area contributed by atoms with Crippen LogP contribution in [0.3, 0.4) is 0 Å². The van der Waals surface area contributed by atoms with E-state index in [0.717, 1.165) is 5.56 Å². The van der Waals surface area contributed by atoms with E-state index in [0.29, 0.717) is 23.7 Å². The van der Waals surface area contributed by atoms with Crippen LogP contribution in [-0.2, 0) is 0 Å². The van der Waals surface area contributed by atoms with Crippen molar-refractivity contribution >= 4 is 0 Å². The summed E-state index contributed by atoms with van der Waals surface area (Å²) in [5.74, 6) is 3.74. The predicted molar refractivity (Wildman–Crippen MR) is 73.3 cm³/mol. The number of rotatable bonds is 5. The minimum absolute atomic E-state index is 0.0141. The quantitative estimate of drug-likeness (QED) is 0.756. The predicted octanol–water partition coefficient (Wildman–Crippen LogP) is 3.22. The second-order valence-electron chi connectivity index (χ2n) is 4.57. The standard InChI is InChI=1S/C16H16N2O/c1-4-5-14(12(2)3)15-10-13(11-18)6-7-16(15)19-9-8-17/h1,6-7,10,12,14H,5,9H2,2-3H3. The topological polar surface area (TPSA) is 56.8 Å². The molecule has 0 aliphatic rings. The maximum atomic E-state index is 9.00. The molecule has 0 spiro atoms. The van der Waals surface area contributed by atoms with E-state index in [2.05, 4.69) is 25.8 Å². The zero-order valence-electron chi connectivity index (χ0n) is 11.2. The van der Waals surface area contributed by atoms with Crippen LogP contribution >= 0.6 is 0 Å². The van der Waals surface area contributed by atoms with E-state index in [4.69, 9.17) is 21.7 Å². The molecule has 0 saturated carbocycles. The van der Waals surface area contributed by atoms with E-state index >= 15 is 0 Å². The van der Waals surface area contributed by atoms with Gasteiger partial charge in [-0.15, -0.1) is 12.3 Å². The normalized spacial score (nSPS) is 11.2. The van der Waals surface area contributed by atoms with E-state index in [9.17, 15) is 0 Å². The van der Waals surface area contributed by atoms with Crippen LogP contribution < -0.4 is 4.74 Å². The number of ether oxygens (including phenoxy) is 1. The third kappa shape index (κ3) is 3.77. The molecule has 3 nitrogen and oxygen atoms in total. The van der Waals surface area contributed by atoms with Crippen molar-refractivity contribution in [2.75, 3.05) is 6.61 Å². The summed E-state index contributed by atoms with van der Waals surface area (Å²) in [6.45, 7) is 4.14. The van der Waals surface area contributed by atoms with E-state index in [1.54, 1.807) is 18.2 Å². The molecule has 0 aliphatic carbocycles. The summed E-state index contributed by atoms with van der Waals surface area (Å²) in [6.07, 6.45) is 6.00. The summed E-state index contributed by atoms with van der Waals surface area (Å²) in [5, 5.41) is 17.6. The summed E-state index contributed by atoms with van der Waals surface area (Å²) in [5.41, 5.74) is 1.48. The van der Waals surface area contributed by atoms with Gasteiger partial charge in [0.1, 0.15) is 11.8 Å². The molecule has 0 aliphatic heterocycles. The van der Waals surface area contributed by atoms with Gasteiger partial charge in [0, 0.05) is 12.3 Å². The van der Waals surface area contributed by atoms with Gasteiger partial charge in [-0.05, 0) is 29.7 Å². The highest BCUT2D eigenvalue weighted by Gasteiger charge is 2.19. The molecule has 3 heteroatoms. The molecule has 1 unspecified atom stereocenters. The van der Waals surface area contributed by atoms with Gasteiger partial charge in [0.25, 0.3) is 0 Å². The molecule has 0 saturated heterocycles. The summed E-state index contributed by atoms with van der Waals surface area (Å²) in [6, 6.07) is 9.28. The number of hydrogen-bond acceptors (Lipinski definition) is 3. The highest BCUT2D eigenvalue weighted by Crippen LogP contribution is 2.35. The monoisotopic (exact) mass is 252 g/mol. The van der Waals surface area contributed by atoms with E-state index in [1.807, 2.05) is 6.07 Å². The SMILES string of the molecule is C#CCC(c1cc(C#N)ccc1OCC#N)C(C)C. The van der Waals surface area contributed by atoms with E-state index in [1.165, 1.54) is 0 Å². The number of benzene rings is 1. The Morgan fingerprint density at radius 2 is 2.05 bits per heavy atom. The Hall–Kier alpha value is -2.44. The third-order valence-corrected chi connectivity index (χ3v) is 2.97. The average molecular weight is 252 g/mol. The van der Waals surface area contributed by atoms with Crippen LogP contribution in [0.1, 0.15) is 37.3 Å². The Morgan fingerprint density at radius 1 is 1.32 bits per heavy atom. The fourth-order valence-electron chi connectivity index (χ4n) is 1.98. The molecule has 96 valence electrons. The molecule has 0 N–H and O–H groups in total. The molecular formula is C16H16N2O. The minimum atomic E-state index is -0.0141. The Bertz CT molecular complexity index is 556. The van der Waals surface area contributed by atoms with Crippen LogP contribution in [0, 0.1) is 40.9 Å². The van der Waals surface area contributed by atoms with Crippen molar-refractivity contribution in [1.29, 1.82) is 10.5 Å². The Morgan fingerprint density at radius 3 is 2.58 bits per heavy atom. The molecule has 0 heterocycles. The molecular weight excluding hydrogens is 236 g/mol. The lowest BCUT2D eigenvalue weighted by atomic mass is 9.85. The fourth-order valence-corrected chi connectivity index (χ4v) is 1.98. The van der Waals surface area contributed by atoms with Crippen LogP contribution in [0.4, 0.5) is 0 Å². The lowest BCUT2D eigenvalue weighted by Gasteiger charge is -2.21. The molecule has 1 aromatic carbocycles. The first-order valence-electron chi connectivity index (χ1n) is 6.11. The van der Waals surface area contributed by atoms with Gasteiger partial charge in [0.05, 0.1) is 11.6 Å². The van der Waals surface area contributed by atoms with Crippen LogP contribution in [0.25, 0.3) is 0 Å². The van der Waals surface area contributed by atoms with Crippen molar-refractivity contribution < 1.29 is 4.74 Å². The number of nitriles is 2. The minimum Gasteiger partial charge on any atom is -0.478 e. The van der Waals surface area contributed by atoms with Gasteiger partial charge in [-0.1, -0.05) is 13.8 Å². The second kappa shape index (κ2) is 7.10. The molecule has 19 heavy (non-hydrogen) atoms. The van der Waals surface area contributed by atoms with Crippen LogP contribution in [-0.4, -0.2) is 6.61 Å². The van der Waals surface area contributed by atoms with Crippen molar-refractivity contribution in [2.45, 2.75) is 26.2 Å². The first-order valence-corrected chi connectivity index (χ1v) is 6.11. The highest BCUT2D eigenvalue weighted by atomic mass is 16.5. The molecule has 1 rings (SSSR count).